The van der Waals surface area contributed by atoms with Crippen molar-refractivity contribution in [2.24, 2.45) is 0 Å². The van der Waals surface area contributed by atoms with Crippen LogP contribution < -0.4 is 0 Å². The molecule has 5 aromatic rings. The van der Waals surface area contributed by atoms with E-state index < -0.39 is 0 Å². The fourth-order valence-electron chi connectivity index (χ4n) is 2.92. The fourth-order valence-corrected chi connectivity index (χ4v) is 4.35. The molecule has 9 heteroatoms. The summed E-state index contributed by atoms with van der Waals surface area (Å²) in [5.74, 6) is 0.642. The SMILES string of the molecule is Cc1nc2ccccn2c1-c1nnc2sc(-c3ccc(Cl)cc3Cl)nn12. The first-order chi connectivity index (χ1) is 12.6. The van der Waals surface area contributed by atoms with Gasteiger partial charge in [0.1, 0.15) is 16.3 Å². The zero-order chi connectivity index (χ0) is 17.8. The van der Waals surface area contributed by atoms with Crippen molar-refractivity contribution in [2.75, 3.05) is 0 Å². The molecule has 0 unspecified atom stereocenters. The molecule has 0 fully saturated rings. The van der Waals surface area contributed by atoms with Crippen LogP contribution in [-0.2, 0) is 0 Å². The average molecular weight is 401 g/mol. The van der Waals surface area contributed by atoms with Gasteiger partial charge in [-0.1, -0.05) is 40.6 Å². The molecule has 128 valence electrons. The third kappa shape index (κ3) is 2.32. The minimum absolute atomic E-state index is 0.551. The number of hydrogen-bond donors (Lipinski definition) is 0. The number of halogens is 2. The molecule has 6 nitrogen and oxygen atoms in total. The second-order valence-electron chi connectivity index (χ2n) is 5.72. The number of aromatic nitrogens is 6. The normalized spacial score (nSPS) is 11.7. The van der Waals surface area contributed by atoms with Crippen molar-refractivity contribution < 1.29 is 0 Å². The number of aryl methyl sites for hydroxylation is 1. The monoisotopic (exact) mass is 400 g/mol. The molecule has 0 aliphatic rings. The summed E-state index contributed by atoms with van der Waals surface area (Å²) in [6.07, 6.45) is 1.95. The summed E-state index contributed by atoms with van der Waals surface area (Å²) in [6, 6.07) is 11.2. The lowest BCUT2D eigenvalue weighted by Gasteiger charge is -2.01. The number of fused-ring (bicyclic) bond motifs is 2. The highest BCUT2D eigenvalue weighted by Gasteiger charge is 2.20. The van der Waals surface area contributed by atoms with E-state index >= 15 is 0 Å². The van der Waals surface area contributed by atoms with Crippen molar-refractivity contribution in [3.05, 3.63) is 58.3 Å². The standard InChI is InChI=1S/C17H10Cl2N6S/c1-9-14(24-7-3-2-4-13(24)20-9)15-21-22-17-25(15)23-16(26-17)11-6-5-10(18)8-12(11)19/h2-8H,1H3. The van der Waals surface area contributed by atoms with Gasteiger partial charge < -0.3 is 0 Å². The molecular weight excluding hydrogens is 391 g/mol. The van der Waals surface area contributed by atoms with E-state index in [0.717, 1.165) is 27.6 Å². The molecule has 1 aromatic carbocycles. The predicted octanol–water partition coefficient (Wildman–Crippen LogP) is 4.78. The Morgan fingerprint density at radius 2 is 1.96 bits per heavy atom. The van der Waals surface area contributed by atoms with Crippen LogP contribution in [0.5, 0.6) is 0 Å². The van der Waals surface area contributed by atoms with Crippen LogP contribution in [0.2, 0.25) is 10.0 Å². The van der Waals surface area contributed by atoms with Crippen LogP contribution in [0.1, 0.15) is 5.69 Å². The first kappa shape index (κ1) is 15.7. The molecule has 0 bridgehead atoms. The minimum atomic E-state index is 0.551. The Morgan fingerprint density at radius 3 is 2.81 bits per heavy atom. The van der Waals surface area contributed by atoms with E-state index in [0.29, 0.717) is 20.8 Å². The topological polar surface area (TPSA) is 60.4 Å². The van der Waals surface area contributed by atoms with Crippen molar-refractivity contribution >= 4 is 45.1 Å². The Labute approximate surface area is 161 Å². The highest BCUT2D eigenvalue weighted by atomic mass is 35.5. The van der Waals surface area contributed by atoms with Gasteiger partial charge in [0.15, 0.2) is 0 Å². The number of hydrogen-bond acceptors (Lipinski definition) is 5. The van der Waals surface area contributed by atoms with E-state index in [-0.39, 0.29) is 0 Å². The first-order valence-electron chi connectivity index (χ1n) is 7.73. The summed E-state index contributed by atoms with van der Waals surface area (Å²) < 4.78 is 3.72. The van der Waals surface area contributed by atoms with Gasteiger partial charge >= 0.3 is 0 Å². The quantitative estimate of drug-likeness (QED) is 0.427. The molecule has 4 aromatic heterocycles. The molecular formula is C17H10Cl2N6S. The third-order valence-electron chi connectivity index (χ3n) is 4.07. The Hall–Kier alpha value is -2.48. The van der Waals surface area contributed by atoms with Gasteiger partial charge in [-0.15, -0.1) is 10.2 Å². The molecule has 0 spiro atoms. The number of imidazole rings is 1. The number of rotatable bonds is 2. The van der Waals surface area contributed by atoms with Gasteiger partial charge in [-0.05, 0) is 37.3 Å². The molecule has 0 aliphatic heterocycles. The van der Waals surface area contributed by atoms with Crippen molar-refractivity contribution in [1.82, 2.24) is 29.2 Å². The highest BCUT2D eigenvalue weighted by Crippen LogP contribution is 2.34. The van der Waals surface area contributed by atoms with Crippen molar-refractivity contribution in [2.45, 2.75) is 6.92 Å². The van der Waals surface area contributed by atoms with E-state index in [2.05, 4.69) is 20.3 Å². The summed E-state index contributed by atoms with van der Waals surface area (Å²) in [6.45, 7) is 1.95. The van der Waals surface area contributed by atoms with Gasteiger partial charge in [0.05, 0.1) is 10.7 Å². The van der Waals surface area contributed by atoms with Gasteiger partial charge in [0.25, 0.3) is 0 Å². The zero-order valence-electron chi connectivity index (χ0n) is 13.4. The predicted molar refractivity (Wildman–Crippen MR) is 103 cm³/mol. The van der Waals surface area contributed by atoms with Gasteiger partial charge in [0, 0.05) is 16.8 Å². The molecule has 0 saturated carbocycles. The van der Waals surface area contributed by atoms with Gasteiger partial charge in [-0.2, -0.15) is 9.61 Å². The smallest absolute Gasteiger partial charge is 0.235 e. The lowest BCUT2D eigenvalue weighted by molar-refractivity contribution is 0.954. The Kier molecular flexibility index (Phi) is 3.49. The Morgan fingerprint density at radius 1 is 1.08 bits per heavy atom. The van der Waals surface area contributed by atoms with Crippen LogP contribution in [0.15, 0.2) is 42.6 Å². The maximum Gasteiger partial charge on any atom is 0.235 e. The molecule has 4 heterocycles. The van der Waals surface area contributed by atoms with Crippen molar-refractivity contribution in [1.29, 1.82) is 0 Å². The van der Waals surface area contributed by atoms with Gasteiger partial charge in [-0.3, -0.25) is 4.40 Å². The molecule has 0 N–H and O–H groups in total. The molecule has 26 heavy (non-hydrogen) atoms. The van der Waals surface area contributed by atoms with E-state index in [1.54, 1.807) is 16.6 Å². The summed E-state index contributed by atoms with van der Waals surface area (Å²) in [7, 11) is 0. The first-order valence-corrected chi connectivity index (χ1v) is 9.31. The lowest BCUT2D eigenvalue weighted by atomic mass is 10.2. The number of nitrogens with zero attached hydrogens (tertiary/aromatic N) is 6. The summed E-state index contributed by atoms with van der Waals surface area (Å²) in [5.41, 5.74) is 3.40. The zero-order valence-corrected chi connectivity index (χ0v) is 15.7. The molecule has 5 rings (SSSR count). The van der Waals surface area contributed by atoms with Crippen LogP contribution in [0.3, 0.4) is 0 Å². The van der Waals surface area contributed by atoms with Crippen molar-refractivity contribution in [3.8, 4) is 22.1 Å². The second kappa shape index (κ2) is 5.77. The van der Waals surface area contributed by atoms with Gasteiger partial charge in [-0.25, -0.2) is 4.98 Å². The summed E-state index contributed by atoms with van der Waals surface area (Å²) in [5, 5.41) is 15.2. The minimum Gasteiger partial charge on any atom is -0.297 e. The molecule has 0 radical (unpaired) electrons. The molecule has 0 aliphatic carbocycles. The molecule has 0 saturated heterocycles. The van der Waals surface area contributed by atoms with E-state index in [1.807, 2.05) is 41.8 Å². The van der Waals surface area contributed by atoms with E-state index in [1.165, 1.54) is 11.3 Å². The van der Waals surface area contributed by atoms with E-state index in [4.69, 9.17) is 23.2 Å². The van der Waals surface area contributed by atoms with Crippen molar-refractivity contribution in [3.63, 3.8) is 0 Å². The lowest BCUT2D eigenvalue weighted by Crippen LogP contribution is -1.96. The number of pyridine rings is 1. The maximum absolute atomic E-state index is 6.32. The third-order valence-corrected chi connectivity index (χ3v) is 5.55. The van der Waals surface area contributed by atoms with E-state index in [9.17, 15) is 0 Å². The molecule has 0 atom stereocenters. The van der Waals surface area contributed by atoms with Crippen LogP contribution in [0.25, 0.3) is 32.7 Å². The van der Waals surface area contributed by atoms with Crippen LogP contribution >= 0.6 is 34.5 Å². The van der Waals surface area contributed by atoms with Crippen LogP contribution in [0.4, 0.5) is 0 Å². The summed E-state index contributed by atoms with van der Waals surface area (Å²) >= 11 is 13.7. The largest absolute Gasteiger partial charge is 0.297 e. The maximum atomic E-state index is 6.32. The Bertz CT molecular complexity index is 1290. The average Bonchev–Trinajstić information content (AvgIpc) is 3.26. The highest BCUT2D eigenvalue weighted by molar-refractivity contribution is 7.19. The fraction of sp³-hybridized carbons (Fsp3) is 0.0588. The second-order valence-corrected chi connectivity index (χ2v) is 7.52. The number of benzene rings is 1. The van der Waals surface area contributed by atoms with Crippen LogP contribution in [-0.4, -0.2) is 29.2 Å². The summed E-state index contributed by atoms with van der Waals surface area (Å²) in [4.78, 5) is 5.27. The Balaban J connectivity index is 1.73. The molecule has 0 amide bonds. The van der Waals surface area contributed by atoms with Crippen LogP contribution in [0, 0.1) is 6.92 Å². The van der Waals surface area contributed by atoms with Gasteiger partial charge in [0.2, 0.25) is 10.8 Å².